The van der Waals surface area contributed by atoms with E-state index in [-0.39, 0.29) is 17.7 Å². The fraction of sp³-hybridized carbons (Fsp3) is 0.316. The maximum Gasteiger partial charge on any atom is 0.335 e. The Morgan fingerprint density at radius 2 is 2.12 bits per heavy atom. The Kier molecular flexibility index (Phi) is 5.20. The van der Waals surface area contributed by atoms with Gasteiger partial charge in [0.25, 0.3) is 5.56 Å². The van der Waals surface area contributed by atoms with Gasteiger partial charge < -0.3 is 9.84 Å². The molecule has 3 rings (SSSR count). The number of fused-ring (bicyclic) bond motifs is 1. The van der Waals surface area contributed by atoms with E-state index in [1.807, 2.05) is 19.9 Å². The molecule has 6 nitrogen and oxygen atoms in total. The van der Waals surface area contributed by atoms with Crippen LogP contribution in [0.5, 0.6) is 0 Å². The van der Waals surface area contributed by atoms with Crippen LogP contribution in [0, 0.1) is 13.8 Å². The van der Waals surface area contributed by atoms with Crippen molar-refractivity contribution in [1.29, 1.82) is 0 Å². The van der Waals surface area contributed by atoms with Crippen molar-refractivity contribution in [3.63, 3.8) is 0 Å². The maximum absolute atomic E-state index is 13.1. The second-order valence-corrected chi connectivity index (χ2v) is 7.33. The molecule has 26 heavy (non-hydrogen) atoms. The lowest BCUT2D eigenvalue weighted by molar-refractivity contribution is 0.0696. The van der Waals surface area contributed by atoms with Crippen LogP contribution in [0.2, 0.25) is 0 Å². The molecule has 1 aromatic carbocycles. The highest BCUT2D eigenvalue weighted by molar-refractivity contribution is 7.18. The monoisotopic (exact) mass is 372 g/mol. The number of benzene rings is 1. The average molecular weight is 372 g/mol. The summed E-state index contributed by atoms with van der Waals surface area (Å²) in [5.41, 5.74) is 1.81. The number of aryl methyl sites for hydroxylation is 2. The number of rotatable bonds is 6. The summed E-state index contributed by atoms with van der Waals surface area (Å²) in [6.45, 7) is 4.64. The largest absolute Gasteiger partial charge is 0.478 e. The molecule has 0 bridgehead atoms. The Morgan fingerprint density at radius 3 is 2.81 bits per heavy atom. The molecule has 0 aliphatic rings. The summed E-state index contributed by atoms with van der Waals surface area (Å²) in [4.78, 5) is 30.9. The Hall–Kier alpha value is -2.51. The van der Waals surface area contributed by atoms with Gasteiger partial charge in [0.05, 0.1) is 24.1 Å². The number of carbonyl (C=O) groups is 1. The van der Waals surface area contributed by atoms with E-state index in [0.29, 0.717) is 24.2 Å². The number of thiophene rings is 1. The molecule has 0 aliphatic heterocycles. The minimum absolute atomic E-state index is 0.0938. The van der Waals surface area contributed by atoms with Gasteiger partial charge in [0, 0.05) is 18.4 Å². The number of nitrogens with zero attached hydrogens (tertiary/aromatic N) is 2. The van der Waals surface area contributed by atoms with Crippen molar-refractivity contribution in [3.05, 3.63) is 62.0 Å². The molecule has 0 aliphatic carbocycles. The van der Waals surface area contributed by atoms with Crippen molar-refractivity contribution in [3.8, 4) is 0 Å². The third-order valence-electron chi connectivity index (χ3n) is 4.41. The van der Waals surface area contributed by atoms with Crippen LogP contribution in [0.15, 0.2) is 29.1 Å². The average Bonchev–Trinajstić information content (AvgIpc) is 2.90. The number of aromatic nitrogens is 2. The second kappa shape index (κ2) is 7.39. The molecule has 0 saturated carbocycles. The van der Waals surface area contributed by atoms with Crippen LogP contribution < -0.4 is 5.56 Å². The van der Waals surface area contributed by atoms with Crippen LogP contribution in [0.3, 0.4) is 0 Å². The normalized spacial score (nSPS) is 11.2. The van der Waals surface area contributed by atoms with E-state index in [2.05, 4.69) is 0 Å². The number of hydrogen-bond acceptors (Lipinski definition) is 5. The van der Waals surface area contributed by atoms with E-state index < -0.39 is 5.97 Å². The van der Waals surface area contributed by atoms with Gasteiger partial charge in [-0.25, -0.2) is 9.78 Å². The molecular formula is C19H20N2O4S. The zero-order valence-corrected chi connectivity index (χ0v) is 15.7. The summed E-state index contributed by atoms with van der Waals surface area (Å²) >= 11 is 1.52. The van der Waals surface area contributed by atoms with E-state index in [0.717, 1.165) is 20.8 Å². The molecular weight excluding hydrogens is 352 g/mol. The fourth-order valence-electron chi connectivity index (χ4n) is 2.90. The quantitative estimate of drug-likeness (QED) is 0.719. The predicted molar refractivity (Wildman–Crippen MR) is 101 cm³/mol. The van der Waals surface area contributed by atoms with Gasteiger partial charge in [-0.1, -0.05) is 12.1 Å². The second-order valence-electron chi connectivity index (χ2n) is 6.13. The van der Waals surface area contributed by atoms with Crippen LogP contribution >= 0.6 is 11.3 Å². The van der Waals surface area contributed by atoms with Crippen molar-refractivity contribution in [1.82, 2.24) is 9.55 Å². The summed E-state index contributed by atoms with van der Waals surface area (Å²) in [5, 5.41) is 9.83. The fourth-order valence-corrected chi connectivity index (χ4v) is 3.94. The molecule has 2 aromatic heterocycles. The van der Waals surface area contributed by atoms with Crippen molar-refractivity contribution in [2.45, 2.75) is 26.8 Å². The minimum atomic E-state index is -0.989. The Bertz CT molecular complexity index is 1040. The highest BCUT2D eigenvalue weighted by atomic mass is 32.1. The third-order valence-corrected chi connectivity index (χ3v) is 5.51. The lowest BCUT2D eigenvalue weighted by Crippen LogP contribution is -2.26. The van der Waals surface area contributed by atoms with Crippen LogP contribution in [0.4, 0.5) is 0 Å². The first-order chi connectivity index (χ1) is 12.4. The Balaban J connectivity index is 2.14. The standard InChI is InChI=1S/C19H20N2O4S/c1-11-12(2)26-17-16(11)18(22)21(15(20-17)7-8-25-3)10-13-5-4-6-14(9-13)19(23)24/h4-6,9H,7-8,10H2,1-3H3,(H,23,24). The predicted octanol–water partition coefficient (Wildman–Crippen LogP) is 3.01. The maximum atomic E-state index is 13.1. The number of ether oxygens (including phenoxy) is 1. The SMILES string of the molecule is COCCc1nc2sc(C)c(C)c2c(=O)n1Cc1cccc(C(=O)O)c1. The lowest BCUT2D eigenvalue weighted by Gasteiger charge is -2.13. The van der Waals surface area contributed by atoms with Crippen LogP contribution in [-0.2, 0) is 17.7 Å². The molecule has 2 heterocycles. The molecule has 136 valence electrons. The molecule has 3 aromatic rings. The van der Waals surface area contributed by atoms with Crippen LogP contribution in [0.25, 0.3) is 10.2 Å². The van der Waals surface area contributed by atoms with Gasteiger partial charge in [0.15, 0.2) is 0 Å². The van der Waals surface area contributed by atoms with E-state index >= 15 is 0 Å². The molecule has 0 radical (unpaired) electrons. The lowest BCUT2D eigenvalue weighted by atomic mass is 10.1. The van der Waals surface area contributed by atoms with Gasteiger partial charge in [-0.3, -0.25) is 9.36 Å². The molecule has 0 saturated heterocycles. The smallest absolute Gasteiger partial charge is 0.335 e. The van der Waals surface area contributed by atoms with E-state index in [9.17, 15) is 14.7 Å². The summed E-state index contributed by atoms with van der Waals surface area (Å²) in [5.74, 6) is -0.344. The number of carboxylic acid groups (broad SMARTS) is 1. The van der Waals surface area contributed by atoms with E-state index in [1.54, 1.807) is 23.8 Å². The highest BCUT2D eigenvalue weighted by Gasteiger charge is 2.17. The van der Waals surface area contributed by atoms with Crippen LogP contribution in [-0.4, -0.2) is 34.3 Å². The van der Waals surface area contributed by atoms with Gasteiger partial charge in [-0.05, 0) is 37.1 Å². The van der Waals surface area contributed by atoms with Gasteiger partial charge >= 0.3 is 5.97 Å². The zero-order chi connectivity index (χ0) is 18.8. The molecule has 0 spiro atoms. The summed E-state index contributed by atoms with van der Waals surface area (Å²) in [6.07, 6.45) is 0.510. The Morgan fingerprint density at radius 1 is 1.35 bits per heavy atom. The number of methoxy groups -OCH3 is 1. The first-order valence-corrected chi connectivity index (χ1v) is 9.04. The number of aromatic carboxylic acids is 1. The van der Waals surface area contributed by atoms with Gasteiger partial charge in [0.2, 0.25) is 0 Å². The molecule has 0 unspecified atom stereocenters. The molecule has 0 atom stereocenters. The summed E-state index contributed by atoms with van der Waals surface area (Å²) in [7, 11) is 1.61. The Labute approximate surface area is 154 Å². The minimum Gasteiger partial charge on any atom is -0.478 e. The van der Waals surface area contributed by atoms with Crippen molar-refractivity contribution in [2.24, 2.45) is 0 Å². The molecule has 1 N–H and O–H groups in total. The third kappa shape index (κ3) is 3.40. The summed E-state index contributed by atoms with van der Waals surface area (Å²) in [6, 6.07) is 6.62. The van der Waals surface area contributed by atoms with E-state index in [1.165, 1.54) is 17.4 Å². The van der Waals surface area contributed by atoms with Crippen molar-refractivity contribution in [2.75, 3.05) is 13.7 Å². The number of carboxylic acids is 1. The van der Waals surface area contributed by atoms with Gasteiger partial charge in [0.1, 0.15) is 10.7 Å². The first kappa shape index (κ1) is 18.3. The topological polar surface area (TPSA) is 81.4 Å². The van der Waals surface area contributed by atoms with Crippen molar-refractivity contribution >= 4 is 27.5 Å². The number of hydrogen-bond donors (Lipinski definition) is 1. The van der Waals surface area contributed by atoms with Gasteiger partial charge in [-0.15, -0.1) is 11.3 Å². The zero-order valence-electron chi connectivity index (χ0n) is 14.9. The van der Waals surface area contributed by atoms with Crippen molar-refractivity contribution < 1.29 is 14.6 Å². The molecule has 7 heteroatoms. The summed E-state index contributed by atoms with van der Waals surface area (Å²) < 4.78 is 6.78. The first-order valence-electron chi connectivity index (χ1n) is 8.23. The van der Waals surface area contributed by atoms with Crippen LogP contribution in [0.1, 0.15) is 32.2 Å². The molecule has 0 amide bonds. The van der Waals surface area contributed by atoms with Gasteiger partial charge in [-0.2, -0.15) is 0 Å². The van der Waals surface area contributed by atoms with E-state index in [4.69, 9.17) is 9.72 Å². The highest BCUT2D eigenvalue weighted by Crippen LogP contribution is 2.26. The molecule has 0 fully saturated rings.